The van der Waals surface area contributed by atoms with Crippen LogP contribution in [-0.2, 0) is 0 Å². The topological polar surface area (TPSA) is 0 Å². The summed E-state index contributed by atoms with van der Waals surface area (Å²) < 4.78 is 0. The van der Waals surface area contributed by atoms with Crippen molar-refractivity contribution in [2.24, 2.45) is 0 Å². The highest BCUT2D eigenvalue weighted by molar-refractivity contribution is 7.20. The van der Waals surface area contributed by atoms with Gasteiger partial charge in [0, 0.05) is 22.3 Å². The van der Waals surface area contributed by atoms with Crippen LogP contribution in [0.25, 0.3) is 9.75 Å². The maximum Gasteiger partial charge on any atom is 0.0611 e. The molecule has 0 saturated carbocycles. The van der Waals surface area contributed by atoms with E-state index >= 15 is 0 Å². The molecule has 0 atom stereocenters. The molecule has 0 saturated heterocycles. The third-order valence-electron chi connectivity index (χ3n) is 3.77. The van der Waals surface area contributed by atoms with E-state index in [1.54, 1.807) is 22.7 Å². The standard InChI is InChI=1S/C24H14S2/c1-3-7-19(8-4-1)11-13-21-15-17-25-23(21)24-22(16-18-26-24)14-12-20-9-5-2-6-10-20/h1-10,15-18H. The molecule has 2 aromatic heterocycles. The van der Waals surface area contributed by atoms with Crippen molar-refractivity contribution in [3.63, 3.8) is 0 Å². The van der Waals surface area contributed by atoms with Gasteiger partial charge < -0.3 is 0 Å². The molecule has 0 unspecified atom stereocenters. The van der Waals surface area contributed by atoms with Gasteiger partial charge in [-0.2, -0.15) is 0 Å². The maximum atomic E-state index is 3.32. The largest absolute Gasteiger partial charge is 0.142 e. The van der Waals surface area contributed by atoms with Crippen molar-refractivity contribution in [3.05, 3.63) is 106 Å². The Morgan fingerprint density at radius 3 is 1.31 bits per heavy atom. The molecule has 0 bridgehead atoms. The van der Waals surface area contributed by atoms with Crippen LogP contribution in [0.1, 0.15) is 22.3 Å². The molecule has 122 valence electrons. The summed E-state index contributed by atoms with van der Waals surface area (Å²) >= 11 is 3.44. The van der Waals surface area contributed by atoms with Gasteiger partial charge in [0.2, 0.25) is 0 Å². The Balaban J connectivity index is 1.67. The molecule has 0 fully saturated rings. The molecular weight excluding hydrogens is 352 g/mol. The zero-order valence-corrected chi connectivity index (χ0v) is 15.5. The maximum absolute atomic E-state index is 3.32. The fraction of sp³-hybridized carbons (Fsp3) is 0. The van der Waals surface area contributed by atoms with E-state index < -0.39 is 0 Å². The predicted octanol–water partition coefficient (Wildman–Crippen LogP) is 6.28. The highest BCUT2D eigenvalue weighted by Crippen LogP contribution is 2.35. The molecule has 2 heteroatoms. The van der Waals surface area contributed by atoms with Crippen LogP contribution in [0.2, 0.25) is 0 Å². The molecule has 0 N–H and O–H groups in total. The minimum atomic E-state index is 1.03. The zero-order chi connectivity index (χ0) is 17.6. The summed E-state index contributed by atoms with van der Waals surface area (Å²) in [4.78, 5) is 2.39. The molecule has 4 rings (SSSR count). The van der Waals surface area contributed by atoms with Crippen molar-refractivity contribution < 1.29 is 0 Å². The summed E-state index contributed by atoms with van der Waals surface area (Å²) in [6.45, 7) is 0. The van der Waals surface area contributed by atoms with Crippen LogP contribution in [0.3, 0.4) is 0 Å². The minimum absolute atomic E-state index is 1.03. The van der Waals surface area contributed by atoms with Crippen molar-refractivity contribution in [2.75, 3.05) is 0 Å². The number of thiophene rings is 2. The van der Waals surface area contributed by atoms with E-state index in [-0.39, 0.29) is 0 Å². The molecule has 0 aliphatic heterocycles. The summed E-state index contributed by atoms with van der Waals surface area (Å²) in [6.07, 6.45) is 0. The van der Waals surface area contributed by atoms with Gasteiger partial charge in [0.1, 0.15) is 0 Å². The van der Waals surface area contributed by atoms with Crippen LogP contribution < -0.4 is 0 Å². The van der Waals surface area contributed by atoms with Gasteiger partial charge in [0.05, 0.1) is 9.75 Å². The van der Waals surface area contributed by atoms with E-state index in [4.69, 9.17) is 0 Å². The van der Waals surface area contributed by atoms with Crippen molar-refractivity contribution in [1.82, 2.24) is 0 Å². The summed E-state index contributed by atoms with van der Waals surface area (Å²) in [5.74, 6) is 13.1. The Morgan fingerprint density at radius 2 is 0.885 bits per heavy atom. The Kier molecular flexibility index (Phi) is 4.99. The van der Waals surface area contributed by atoms with Crippen molar-refractivity contribution in [1.29, 1.82) is 0 Å². The molecule has 0 aliphatic carbocycles. The van der Waals surface area contributed by atoms with Crippen LogP contribution in [0.15, 0.2) is 83.6 Å². The summed E-state index contributed by atoms with van der Waals surface area (Å²) in [5, 5.41) is 4.19. The highest BCUT2D eigenvalue weighted by atomic mass is 32.1. The molecule has 0 amide bonds. The lowest BCUT2D eigenvalue weighted by atomic mass is 10.1. The first-order chi connectivity index (χ1) is 12.9. The molecule has 26 heavy (non-hydrogen) atoms. The van der Waals surface area contributed by atoms with E-state index in [1.807, 2.05) is 60.7 Å². The first kappa shape index (κ1) is 16.4. The SMILES string of the molecule is C(#Cc1ccsc1-c1sccc1C#Cc1ccccc1)c1ccccc1. The van der Waals surface area contributed by atoms with Crippen LogP contribution in [0.4, 0.5) is 0 Å². The summed E-state index contributed by atoms with van der Waals surface area (Å²) in [7, 11) is 0. The van der Waals surface area contributed by atoms with Gasteiger partial charge in [-0.05, 0) is 47.2 Å². The minimum Gasteiger partial charge on any atom is -0.142 e. The number of hydrogen-bond donors (Lipinski definition) is 0. The second-order valence-electron chi connectivity index (χ2n) is 5.56. The quantitative estimate of drug-likeness (QED) is 0.348. The lowest BCUT2D eigenvalue weighted by molar-refractivity contribution is 1.64. The van der Waals surface area contributed by atoms with E-state index in [2.05, 4.69) is 46.6 Å². The lowest BCUT2D eigenvalue weighted by Crippen LogP contribution is -1.79. The zero-order valence-electron chi connectivity index (χ0n) is 13.9. The number of benzene rings is 2. The second kappa shape index (κ2) is 7.89. The molecular formula is C24H14S2. The average molecular weight is 367 g/mol. The van der Waals surface area contributed by atoms with Crippen molar-refractivity contribution in [3.8, 4) is 33.4 Å². The van der Waals surface area contributed by atoms with Gasteiger partial charge in [-0.15, -0.1) is 22.7 Å². The molecule has 0 spiro atoms. The fourth-order valence-electron chi connectivity index (χ4n) is 2.49. The smallest absolute Gasteiger partial charge is 0.0611 e. The van der Waals surface area contributed by atoms with Gasteiger partial charge in [0.25, 0.3) is 0 Å². The second-order valence-corrected chi connectivity index (χ2v) is 7.39. The fourth-order valence-corrected chi connectivity index (χ4v) is 4.38. The molecule has 0 aliphatic rings. The molecule has 0 radical (unpaired) electrons. The lowest BCUT2D eigenvalue weighted by Gasteiger charge is -1.96. The summed E-state index contributed by atoms with van der Waals surface area (Å²) in [5.41, 5.74) is 4.17. The van der Waals surface area contributed by atoms with Gasteiger partial charge in [-0.3, -0.25) is 0 Å². The molecule has 4 aromatic rings. The Bertz CT molecular complexity index is 1030. The van der Waals surface area contributed by atoms with E-state index in [0.717, 1.165) is 22.3 Å². The first-order valence-electron chi connectivity index (χ1n) is 8.20. The normalized spacial score (nSPS) is 9.69. The van der Waals surface area contributed by atoms with E-state index in [0.29, 0.717) is 0 Å². The van der Waals surface area contributed by atoms with E-state index in [1.165, 1.54) is 9.75 Å². The Hall–Kier alpha value is -3.04. The van der Waals surface area contributed by atoms with Gasteiger partial charge in [0.15, 0.2) is 0 Å². The third kappa shape index (κ3) is 3.79. The highest BCUT2D eigenvalue weighted by Gasteiger charge is 2.10. The van der Waals surface area contributed by atoms with Gasteiger partial charge in [-0.1, -0.05) is 60.1 Å². The monoisotopic (exact) mass is 366 g/mol. The van der Waals surface area contributed by atoms with Crippen molar-refractivity contribution >= 4 is 22.7 Å². The summed E-state index contributed by atoms with van der Waals surface area (Å²) in [6, 6.07) is 24.3. The van der Waals surface area contributed by atoms with Crippen LogP contribution >= 0.6 is 22.7 Å². The van der Waals surface area contributed by atoms with E-state index in [9.17, 15) is 0 Å². The number of hydrogen-bond acceptors (Lipinski definition) is 2. The average Bonchev–Trinajstić information content (AvgIpc) is 3.35. The number of rotatable bonds is 1. The van der Waals surface area contributed by atoms with Crippen LogP contribution in [-0.4, -0.2) is 0 Å². The molecule has 2 aromatic carbocycles. The van der Waals surface area contributed by atoms with Crippen LogP contribution in [0.5, 0.6) is 0 Å². The van der Waals surface area contributed by atoms with Gasteiger partial charge >= 0.3 is 0 Å². The first-order valence-corrected chi connectivity index (χ1v) is 9.95. The Morgan fingerprint density at radius 1 is 0.462 bits per heavy atom. The molecule has 2 heterocycles. The Labute approximate surface area is 161 Å². The predicted molar refractivity (Wildman–Crippen MR) is 112 cm³/mol. The van der Waals surface area contributed by atoms with Crippen LogP contribution in [0, 0.1) is 23.7 Å². The van der Waals surface area contributed by atoms with Crippen molar-refractivity contribution in [2.45, 2.75) is 0 Å². The van der Waals surface area contributed by atoms with Gasteiger partial charge in [-0.25, -0.2) is 0 Å². The molecule has 0 nitrogen and oxygen atoms in total. The third-order valence-corrected chi connectivity index (χ3v) is 5.76.